The standard InChI is InChI=1S/C14H13ClF3N3O3S/c15-11-5-19-20(9-11)6-10-7-21(8-10)25(22,23)13-4-2-1-3-12(13)24-14(16,17)18/h1-5,9-10H,6-8H2. The number of rotatable bonds is 5. The molecule has 1 aliphatic heterocycles. The van der Waals surface area contributed by atoms with Gasteiger partial charge in [0.1, 0.15) is 10.6 Å². The van der Waals surface area contributed by atoms with Gasteiger partial charge in [-0.1, -0.05) is 23.7 Å². The van der Waals surface area contributed by atoms with Crippen molar-refractivity contribution >= 4 is 21.6 Å². The molecule has 2 heterocycles. The number of benzene rings is 1. The lowest BCUT2D eigenvalue weighted by molar-refractivity contribution is -0.275. The lowest BCUT2D eigenvalue weighted by atomic mass is 10.0. The molecule has 0 amide bonds. The highest BCUT2D eigenvalue weighted by Gasteiger charge is 2.40. The second kappa shape index (κ2) is 6.50. The van der Waals surface area contributed by atoms with E-state index in [4.69, 9.17) is 11.6 Å². The number of para-hydroxylation sites is 1. The van der Waals surface area contributed by atoms with Crippen molar-refractivity contribution < 1.29 is 26.3 Å². The molecule has 0 saturated carbocycles. The zero-order chi connectivity index (χ0) is 18.2. The van der Waals surface area contributed by atoms with Gasteiger partial charge in [-0.3, -0.25) is 4.68 Å². The molecule has 6 nitrogen and oxygen atoms in total. The Kier molecular flexibility index (Phi) is 4.69. The first kappa shape index (κ1) is 18.0. The second-order valence-electron chi connectivity index (χ2n) is 5.56. The van der Waals surface area contributed by atoms with Gasteiger partial charge in [0, 0.05) is 31.7 Å². The number of sulfonamides is 1. The predicted octanol–water partition coefficient (Wildman–Crippen LogP) is 2.76. The molecule has 0 spiro atoms. The van der Waals surface area contributed by atoms with Gasteiger partial charge in [0.25, 0.3) is 0 Å². The molecule has 1 saturated heterocycles. The number of nitrogens with zero attached hydrogens (tertiary/aromatic N) is 3. The van der Waals surface area contributed by atoms with Crippen molar-refractivity contribution in [2.24, 2.45) is 5.92 Å². The Hall–Kier alpha value is -1.78. The minimum atomic E-state index is -4.97. The molecule has 0 radical (unpaired) electrons. The Balaban J connectivity index is 1.71. The first-order valence-corrected chi connectivity index (χ1v) is 9.00. The Bertz CT molecular complexity index is 863. The van der Waals surface area contributed by atoms with Crippen LogP contribution < -0.4 is 4.74 Å². The van der Waals surface area contributed by atoms with Gasteiger partial charge in [0.15, 0.2) is 0 Å². The molecule has 136 valence electrons. The third-order valence-electron chi connectivity index (χ3n) is 3.66. The van der Waals surface area contributed by atoms with Crippen LogP contribution in [0.1, 0.15) is 0 Å². The van der Waals surface area contributed by atoms with Crippen molar-refractivity contribution in [3.05, 3.63) is 41.7 Å². The quantitative estimate of drug-likeness (QED) is 0.781. The van der Waals surface area contributed by atoms with Crippen LogP contribution in [-0.4, -0.2) is 42.0 Å². The fourth-order valence-corrected chi connectivity index (χ4v) is 4.41. The topological polar surface area (TPSA) is 64.4 Å². The van der Waals surface area contributed by atoms with Crippen LogP contribution in [0.5, 0.6) is 5.75 Å². The molecule has 2 aromatic rings. The summed E-state index contributed by atoms with van der Waals surface area (Å²) < 4.78 is 69.0. The largest absolute Gasteiger partial charge is 0.573 e. The van der Waals surface area contributed by atoms with Crippen LogP contribution in [0.15, 0.2) is 41.6 Å². The molecular formula is C14H13ClF3N3O3S. The predicted molar refractivity (Wildman–Crippen MR) is 82.6 cm³/mol. The molecule has 1 aromatic carbocycles. The van der Waals surface area contributed by atoms with Crippen LogP contribution in [0.25, 0.3) is 0 Å². The third-order valence-corrected chi connectivity index (χ3v) is 5.73. The average molecular weight is 396 g/mol. The van der Waals surface area contributed by atoms with Crippen molar-refractivity contribution in [3.8, 4) is 5.75 Å². The molecular weight excluding hydrogens is 383 g/mol. The summed E-state index contributed by atoms with van der Waals surface area (Å²) >= 11 is 5.76. The summed E-state index contributed by atoms with van der Waals surface area (Å²) in [7, 11) is -4.07. The van der Waals surface area contributed by atoms with E-state index in [0.29, 0.717) is 11.6 Å². The molecule has 0 bridgehead atoms. The molecule has 0 aliphatic carbocycles. The number of aromatic nitrogens is 2. The van der Waals surface area contributed by atoms with Gasteiger partial charge in [0.2, 0.25) is 10.0 Å². The Labute approximate surface area is 146 Å². The number of hydrogen-bond acceptors (Lipinski definition) is 4. The maximum atomic E-state index is 12.6. The zero-order valence-electron chi connectivity index (χ0n) is 12.6. The van der Waals surface area contributed by atoms with Crippen molar-refractivity contribution in [2.75, 3.05) is 13.1 Å². The highest BCUT2D eigenvalue weighted by atomic mass is 35.5. The average Bonchev–Trinajstić information content (AvgIpc) is 2.86. The van der Waals surface area contributed by atoms with Gasteiger partial charge < -0.3 is 4.74 Å². The Morgan fingerprint density at radius 1 is 1.28 bits per heavy atom. The molecule has 0 unspecified atom stereocenters. The molecule has 1 aliphatic rings. The van der Waals surface area contributed by atoms with Gasteiger partial charge >= 0.3 is 6.36 Å². The summed E-state index contributed by atoms with van der Waals surface area (Å²) in [5, 5.41) is 4.48. The summed E-state index contributed by atoms with van der Waals surface area (Å²) in [4.78, 5) is -0.507. The summed E-state index contributed by atoms with van der Waals surface area (Å²) in [6, 6.07) is 4.69. The first-order chi connectivity index (χ1) is 11.6. The Morgan fingerprint density at radius 2 is 1.96 bits per heavy atom. The number of alkyl halides is 3. The lowest BCUT2D eigenvalue weighted by Crippen LogP contribution is -2.51. The second-order valence-corrected chi connectivity index (χ2v) is 7.91. The van der Waals surface area contributed by atoms with E-state index in [1.54, 1.807) is 10.9 Å². The molecule has 1 aromatic heterocycles. The maximum Gasteiger partial charge on any atom is 0.573 e. The highest BCUT2D eigenvalue weighted by Crippen LogP contribution is 2.34. The summed E-state index contributed by atoms with van der Waals surface area (Å²) in [6.07, 6.45) is -1.88. The number of hydrogen-bond donors (Lipinski definition) is 0. The summed E-state index contributed by atoms with van der Waals surface area (Å²) in [5.41, 5.74) is 0. The molecule has 11 heteroatoms. The smallest absolute Gasteiger partial charge is 0.404 e. The fraction of sp³-hybridized carbons (Fsp3) is 0.357. The summed E-state index contributed by atoms with van der Waals surface area (Å²) in [5.74, 6) is -0.737. The first-order valence-electron chi connectivity index (χ1n) is 7.18. The van der Waals surface area contributed by atoms with Crippen LogP contribution in [0.2, 0.25) is 5.02 Å². The van der Waals surface area contributed by atoms with E-state index >= 15 is 0 Å². The summed E-state index contributed by atoms with van der Waals surface area (Å²) in [6.45, 7) is 0.833. The van der Waals surface area contributed by atoms with Gasteiger partial charge in [0.05, 0.1) is 11.2 Å². The maximum absolute atomic E-state index is 12.6. The number of halogens is 4. The van der Waals surface area contributed by atoms with E-state index in [1.165, 1.54) is 18.3 Å². The van der Waals surface area contributed by atoms with Crippen LogP contribution in [-0.2, 0) is 16.6 Å². The van der Waals surface area contributed by atoms with Crippen molar-refractivity contribution in [2.45, 2.75) is 17.8 Å². The molecule has 0 atom stereocenters. The lowest BCUT2D eigenvalue weighted by Gasteiger charge is -2.38. The fourth-order valence-electron chi connectivity index (χ4n) is 2.55. The van der Waals surface area contributed by atoms with E-state index in [1.807, 2.05) is 0 Å². The molecule has 0 N–H and O–H groups in total. The van der Waals surface area contributed by atoms with Crippen LogP contribution >= 0.6 is 11.6 Å². The van der Waals surface area contributed by atoms with Crippen LogP contribution in [0.4, 0.5) is 13.2 Å². The number of ether oxygens (including phenoxy) is 1. The molecule has 25 heavy (non-hydrogen) atoms. The van der Waals surface area contributed by atoms with Gasteiger partial charge in [-0.05, 0) is 12.1 Å². The van der Waals surface area contributed by atoms with Crippen molar-refractivity contribution in [3.63, 3.8) is 0 Å². The van der Waals surface area contributed by atoms with Crippen molar-refractivity contribution in [1.82, 2.24) is 14.1 Å². The van der Waals surface area contributed by atoms with E-state index in [-0.39, 0.29) is 19.0 Å². The van der Waals surface area contributed by atoms with Crippen LogP contribution in [0, 0.1) is 5.92 Å². The van der Waals surface area contributed by atoms with Gasteiger partial charge in [-0.25, -0.2) is 8.42 Å². The monoisotopic (exact) mass is 395 g/mol. The van der Waals surface area contributed by atoms with Crippen molar-refractivity contribution in [1.29, 1.82) is 0 Å². The minimum absolute atomic E-state index is 0.00133. The van der Waals surface area contributed by atoms with Gasteiger partial charge in [-0.15, -0.1) is 13.2 Å². The highest BCUT2D eigenvalue weighted by molar-refractivity contribution is 7.89. The van der Waals surface area contributed by atoms with Crippen LogP contribution in [0.3, 0.4) is 0 Å². The third kappa shape index (κ3) is 4.07. The molecule has 3 rings (SSSR count). The van der Waals surface area contributed by atoms with E-state index < -0.39 is 27.0 Å². The minimum Gasteiger partial charge on any atom is -0.404 e. The SMILES string of the molecule is O=S(=O)(c1ccccc1OC(F)(F)F)N1CC(Cn2cc(Cl)cn2)C1. The van der Waals surface area contributed by atoms with E-state index in [0.717, 1.165) is 16.4 Å². The van der Waals surface area contributed by atoms with E-state index in [2.05, 4.69) is 9.84 Å². The molecule has 1 fully saturated rings. The zero-order valence-corrected chi connectivity index (χ0v) is 14.2. The van der Waals surface area contributed by atoms with E-state index in [9.17, 15) is 21.6 Å². The normalized spacial score (nSPS) is 16.6. The van der Waals surface area contributed by atoms with Gasteiger partial charge in [-0.2, -0.15) is 9.40 Å². The Morgan fingerprint density at radius 3 is 2.56 bits per heavy atom.